The minimum atomic E-state index is -1.01. The molecule has 0 saturated heterocycles. The van der Waals surface area contributed by atoms with Crippen molar-refractivity contribution in [3.05, 3.63) is 35.4 Å². The van der Waals surface area contributed by atoms with Crippen LogP contribution in [0.3, 0.4) is 0 Å². The highest BCUT2D eigenvalue weighted by Gasteiger charge is 2.41. The molecule has 2 rings (SSSR count). The van der Waals surface area contributed by atoms with Crippen LogP contribution in [0.5, 0.6) is 0 Å². The van der Waals surface area contributed by atoms with E-state index >= 15 is 0 Å². The smallest absolute Gasteiger partial charge is 0.268 e. The normalized spacial score (nSPS) is 23.1. The van der Waals surface area contributed by atoms with E-state index in [0.29, 0.717) is 6.42 Å². The number of nitrogens with zero attached hydrogens (tertiary/aromatic N) is 1. The lowest BCUT2D eigenvalue weighted by atomic mass is 9.96. The van der Waals surface area contributed by atoms with Crippen LogP contribution in [0, 0.1) is 0 Å². The molecule has 0 aliphatic carbocycles. The summed E-state index contributed by atoms with van der Waals surface area (Å²) in [6.45, 7) is 3.76. The van der Waals surface area contributed by atoms with E-state index in [0.717, 1.165) is 17.7 Å². The van der Waals surface area contributed by atoms with Gasteiger partial charge in [-0.3, -0.25) is 4.79 Å². The number of carbonyl (C=O) groups excluding carboxylic acids is 1. The van der Waals surface area contributed by atoms with Gasteiger partial charge in [-0.25, -0.2) is 0 Å². The molecule has 1 heterocycles. The summed E-state index contributed by atoms with van der Waals surface area (Å²) >= 11 is 5.49. The summed E-state index contributed by atoms with van der Waals surface area (Å²) in [7, 11) is 0. The fourth-order valence-electron chi connectivity index (χ4n) is 1.73. The SMILES string of the molecule is CCc1ccc(C2=NOC(C)(C(=O)Cl)C2)cc1. The van der Waals surface area contributed by atoms with E-state index in [-0.39, 0.29) is 0 Å². The molecule has 3 nitrogen and oxygen atoms in total. The van der Waals surface area contributed by atoms with Gasteiger partial charge in [-0.05, 0) is 36.1 Å². The summed E-state index contributed by atoms with van der Waals surface area (Å²) in [4.78, 5) is 16.3. The van der Waals surface area contributed by atoms with E-state index in [1.54, 1.807) is 6.92 Å². The van der Waals surface area contributed by atoms with Crippen molar-refractivity contribution in [2.45, 2.75) is 32.3 Å². The molecule has 0 bridgehead atoms. The fraction of sp³-hybridized carbons (Fsp3) is 0.385. The van der Waals surface area contributed by atoms with Gasteiger partial charge in [-0.1, -0.05) is 36.3 Å². The zero-order chi connectivity index (χ0) is 12.5. The van der Waals surface area contributed by atoms with Gasteiger partial charge in [0.05, 0.1) is 5.71 Å². The van der Waals surface area contributed by atoms with E-state index in [1.807, 2.05) is 12.1 Å². The van der Waals surface area contributed by atoms with Gasteiger partial charge in [0, 0.05) is 6.42 Å². The number of hydrogen-bond acceptors (Lipinski definition) is 3. The fourth-order valence-corrected chi connectivity index (χ4v) is 1.83. The van der Waals surface area contributed by atoms with Crippen molar-refractivity contribution in [2.24, 2.45) is 5.16 Å². The molecule has 1 unspecified atom stereocenters. The number of aryl methyl sites for hydroxylation is 1. The topological polar surface area (TPSA) is 38.7 Å². The first kappa shape index (κ1) is 12.1. The summed E-state index contributed by atoms with van der Waals surface area (Å²) in [5.74, 6) is 0. The highest BCUT2D eigenvalue weighted by molar-refractivity contribution is 6.65. The Labute approximate surface area is 105 Å². The van der Waals surface area contributed by atoms with Crippen LogP contribution in [0.25, 0.3) is 0 Å². The molecule has 0 fully saturated rings. The van der Waals surface area contributed by atoms with Crippen molar-refractivity contribution in [3.8, 4) is 0 Å². The Morgan fingerprint density at radius 3 is 2.59 bits per heavy atom. The number of rotatable bonds is 3. The maximum Gasteiger partial charge on any atom is 0.268 e. The lowest BCUT2D eigenvalue weighted by Gasteiger charge is -2.14. The van der Waals surface area contributed by atoms with Gasteiger partial charge in [-0.2, -0.15) is 0 Å². The number of hydrogen-bond donors (Lipinski definition) is 0. The molecule has 0 spiro atoms. The number of oxime groups is 1. The van der Waals surface area contributed by atoms with E-state index in [2.05, 4.69) is 24.2 Å². The van der Waals surface area contributed by atoms with Gasteiger partial charge in [0.25, 0.3) is 5.24 Å². The van der Waals surface area contributed by atoms with E-state index in [1.165, 1.54) is 5.56 Å². The maximum absolute atomic E-state index is 11.2. The molecule has 0 saturated carbocycles. The summed E-state index contributed by atoms with van der Waals surface area (Å²) in [5.41, 5.74) is 2.00. The van der Waals surface area contributed by atoms with E-state index in [9.17, 15) is 4.79 Å². The predicted molar refractivity (Wildman–Crippen MR) is 67.3 cm³/mol. The Hall–Kier alpha value is -1.35. The summed E-state index contributed by atoms with van der Waals surface area (Å²) in [6.07, 6.45) is 1.42. The van der Waals surface area contributed by atoms with Gasteiger partial charge < -0.3 is 4.84 Å². The van der Waals surface area contributed by atoms with Crippen molar-refractivity contribution in [1.82, 2.24) is 0 Å². The van der Waals surface area contributed by atoms with Crippen molar-refractivity contribution < 1.29 is 9.63 Å². The summed E-state index contributed by atoms with van der Waals surface area (Å²) < 4.78 is 0. The third kappa shape index (κ3) is 2.34. The third-order valence-electron chi connectivity index (χ3n) is 2.97. The van der Waals surface area contributed by atoms with Gasteiger partial charge >= 0.3 is 0 Å². The Kier molecular flexibility index (Phi) is 3.20. The number of halogens is 1. The summed E-state index contributed by atoms with van der Waals surface area (Å²) in [5, 5.41) is 3.43. The first-order valence-corrected chi connectivity index (χ1v) is 5.97. The lowest BCUT2D eigenvalue weighted by Crippen LogP contribution is -2.31. The minimum absolute atomic E-state index is 0.417. The average Bonchev–Trinajstić information content (AvgIpc) is 2.74. The second-order valence-corrected chi connectivity index (χ2v) is 4.70. The van der Waals surface area contributed by atoms with Crippen LogP contribution < -0.4 is 0 Å². The van der Waals surface area contributed by atoms with Gasteiger partial charge in [0.1, 0.15) is 0 Å². The lowest BCUT2D eigenvalue weighted by molar-refractivity contribution is -0.130. The van der Waals surface area contributed by atoms with Crippen LogP contribution in [0.4, 0.5) is 0 Å². The Bertz CT molecular complexity index is 467. The van der Waals surface area contributed by atoms with Crippen molar-refractivity contribution >= 4 is 22.6 Å². The predicted octanol–water partition coefficient (Wildman–Crippen LogP) is 2.90. The zero-order valence-electron chi connectivity index (χ0n) is 9.87. The molecule has 0 radical (unpaired) electrons. The second kappa shape index (κ2) is 4.49. The van der Waals surface area contributed by atoms with Crippen LogP contribution in [0.15, 0.2) is 29.4 Å². The van der Waals surface area contributed by atoms with Gasteiger partial charge in [-0.15, -0.1) is 0 Å². The first-order chi connectivity index (χ1) is 8.05. The molecule has 1 aromatic rings. The molecule has 0 aromatic heterocycles. The molecule has 4 heteroatoms. The molecular formula is C13H14ClNO2. The monoisotopic (exact) mass is 251 g/mol. The molecule has 1 aliphatic heterocycles. The molecule has 0 N–H and O–H groups in total. The van der Waals surface area contributed by atoms with Crippen LogP contribution in [-0.4, -0.2) is 16.6 Å². The van der Waals surface area contributed by atoms with Crippen LogP contribution in [0.1, 0.15) is 31.4 Å². The molecule has 0 amide bonds. The molecular weight excluding hydrogens is 238 g/mol. The van der Waals surface area contributed by atoms with Crippen LogP contribution >= 0.6 is 11.6 Å². The molecule has 1 aromatic carbocycles. The highest BCUT2D eigenvalue weighted by atomic mass is 35.5. The molecule has 17 heavy (non-hydrogen) atoms. The molecule has 1 aliphatic rings. The summed E-state index contributed by atoms with van der Waals surface area (Å²) in [6, 6.07) is 8.09. The van der Waals surface area contributed by atoms with Crippen LogP contribution in [-0.2, 0) is 16.1 Å². The van der Waals surface area contributed by atoms with Gasteiger partial charge in [0.2, 0.25) is 5.60 Å². The highest BCUT2D eigenvalue weighted by Crippen LogP contribution is 2.28. The largest absolute Gasteiger partial charge is 0.379 e. The van der Waals surface area contributed by atoms with E-state index < -0.39 is 10.8 Å². The zero-order valence-corrected chi connectivity index (χ0v) is 10.6. The quantitative estimate of drug-likeness (QED) is 0.775. The number of benzene rings is 1. The first-order valence-electron chi connectivity index (χ1n) is 5.59. The van der Waals surface area contributed by atoms with Crippen LogP contribution in [0.2, 0.25) is 0 Å². The number of carbonyl (C=O) groups is 1. The molecule has 1 atom stereocenters. The Morgan fingerprint density at radius 2 is 2.12 bits per heavy atom. The minimum Gasteiger partial charge on any atom is -0.379 e. The second-order valence-electron chi connectivity index (χ2n) is 4.36. The standard InChI is InChI=1S/C13H14ClNO2/c1-3-9-4-6-10(7-5-9)11-8-13(2,12(14)16)17-15-11/h4-7H,3,8H2,1-2H3. The maximum atomic E-state index is 11.2. The van der Waals surface area contributed by atoms with Crippen molar-refractivity contribution in [3.63, 3.8) is 0 Å². The third-order valence-corrected chi connectivity index (χ3v) is 3.37. The Balaban J connectivity index is 2.17. The van der Waals surface area contributed by atoms with Crippen molar-refractivity contribution in [2.75, 3.05) is 0 Å². The van der Waals surface area contributed by atoms with E-state index in [4.69, 9.17) is 16.4 Å². The van der Waals surface area contributed by atoms with Gasteiger partial charge in [0.15, 0.2) is 0 Å². The molecule has 90 valence electrons. The Morgan fingerprint density at radius 1 is 1.47 bits per heavy atom. The van der Waals surface area contributed by atoms with Crippen molar-refractivity contribution in [1.29, 1.82) is 0 Å². The average molecular weight is 252 g/mol.